The van der Waals surface area contributed by atoms with Gasteiger partial charge in [-0.2, -0.15) is 0 Å². The van der Waals surface area contributed by atoms with Crippen molar-refractivity contribution in [3.05, 3.63) is 28.8 Å². The molecule has 1 N–H and O–H groups in total. The molecule has 0 atom stereocenters. The van der Waals surface area contributed by atoms with Gasteiger partial charge >= 0.3 is 0 Å². The van der Waals surface area contributed by atoms with Crippen molar-refractivity contribution in [2.45, 2.75) is 12.8 Å². The van der Waals surface area contributed by atoms with E-state index in [1.165, 1.54) is 0 Å². The highest BCUT2D eigenvalue weighted by molar-refractivity contribution is 6.32. The predicted molar refractivity (Wildman–Crippen MR) is 67.5 cm³/mol. The Morgan fingerprint density at radius 2 is 1.94 bits per heavy atom. The van der Waals surface area contributed by atoms with Crippen molar-refractivity contribution in [1.29, 1.82) is 0 Å². The van der Waals surface area contributed by atoms with Gasteiger partial charge in [0.25, 0.3) is 0 Å². The van der Waals surface area contributed by atoms with Gasteiger partial charge in [0.1, 0.15) is 5.75 Å². The average molecular weight is 260 g/mol. The Bertz CT molecular complexity index is 343. The lowest BCUT2D eigenvalue weighted by Crippen LogP contribution is -2.29. The van der Waals surface area contributed by atoms with Crippen molar-refractivity contribution in [3.8, 4) is 5.75 Å². The molecule has 0 fully saturated rings. The molecule has 0 aliphatic rings. The molecular formula is C12H18ClNO3. The molecule has 0 bridgehead atoms. The van der Waals surface area contributed by atoms with E-state index in [2.05, 4.69) is 5.32 Å². The number of halogens is 1. The minimum atomic E-state index is -0.233. The molecule has 17 heavy (non-hydrogen) atoms. The molecule has 0 spiro atoms. The van der Waals surface area contributed by atoms with E-state index in [-0.39, 0.29) is 6.29 Å². The Balaban J connectivity index is 2.44. The molecule has 0 radical (unpaired) electrons. The van der Waals surface area contributed by atoms with Gasteiger partial charge in [0.2, 0.25) is 0 Å². The molecule has 5 heteroatoms. The topological polar surface area (TPSA) is 39.7 Å². The van der Waals surface area contributed by atoms with Gasteiger partial charge in [0, 0.05) is 27.3 Å². The molecule has 1 aromatic rings. The molecule has 0 aromatic heterocycles. The van der Waals surface area contributed by atoms with Crippen molar-refractivity contribution >= 4 is 11.6 Å². The van der Waals surface area contributed by atoms with Crippen LogP contribution in [0.2, 0.25) is 5.02 Å². The standard InChI is InChI=1S/C12H18ClNO3/c1-15-11-5-4-9(6-10(11)13)7-14-8-12(16-2)17-3/h4-6,12,14H,7-8H2,1-3H3. The third-order valence-corrected chi connectivity index (χ3v) is 2.68. The van der Waals surface area contributed by atoms with Crippen LogP contribution >= 0.6 is 11.6 Å². The first kappa shape index (κ1) is 14.3. The molecule has 0 heterocycles. The maximum Gasteiger partial charge on any atom is 0.169 e. The van der Waals surface area contributed by atoms with E-state index in [1.807, 2.05) is 18.2 Å². The van der Waals surface area contributed by atoms with Crippen LogP contribution in [0.3, 0.4) is 0 Å². The summed E-state index contributed by atoms with van der Waals surface area (Å²) in [6.07, 6.45) is -0.233. The zero-order valence-corrected chi connectivity index (χ0v) is 11.1. The summed E-state index contributed by atoms with van der Waals surface area (Å²) < 4.78 is 15.2. The SMILES string of the molecule is COc1ccc(CNCC(OC)OC)cc1Cl. The monoisotopic (exact) mass is 259 g/mol. The molecule has 1 aromatic carbocycles. The Morgan fingerprint density at radius 1 is 1.24 bits per heavy atom. The van der Waals surface area contributed by atoms with E-state index in [1.54, 1.807) is 21.3 Å². The fraction of sp³-hybridized carbons (Fsp3) is 0.500. The Labute approximate surface area is 107 Å². The maximum absolute atomic E-state index is 6.02. The number of rotatable bonds is 7. The van der Waals surface area contributed by atoms with Gasteiger partial charge < -0.3 is 19.5 Å². The highest BCUT2D eigenvalue weighted by atomic mass is 35.5. The summed E-state index contributed by atoms with van der Waals surface area (Å²) in [5.74, 6) is 0.682. The molecule has 96 valence electrons. The van der Waals surface area contributed by atoms with Gasteiger partial charge in [-0.1, -0.05) is 17.7 Å². The lowest BCUT2D eigenvalue weighted by atomic mass is 10.2. The lowest BCUT2D eigenvalue weighted by Gasteiger charge is -2.14. The fourth-order valence-corrected chi connectivity index (χ4v) is 1.70. The number of hydrogen-bond donors (Lipinski definition) is 1. The molecule has 1 rings (SSSR count). The quantitative estimate of drug-likeness (QED) is 0.761. The minimum Gasteiger partial charge on any atom is -0.495 e. The van der Waals surface area contributed by atoms with Crippen LogP contribution in [0, 0.1) is 0 Å². The van der Waals surface area contributed by atoms with Crippen LogP contribution in [0.5, 0.6) is 5.75 Å². The fourth-order valence-electron chi connectivity index (χ4n) is 1.42. The van der Waals surface area contributed by atoms with Gasteiger partial charge in [0.15, 0.2) is 6.29 Å². The number of methoxy groups -OCH3 is 3. The largest absolute Gasteiger partial charge is 0.495 e. The molecule has 0 unspecified atom stereocenters. The molecule has 0 aliphatic heterocycles. The number of ether oxygens (including phenoxy) is 3. The number of nitrogens with one attached hydrogen (secondary N) is 1. The van der Waals surface area contributed by atoms with Crippen LogP contribution in [0.4, 0.5) is 0 Å². The van der Waals surface area contributed by atoms with E-state index < -0.39 is 0 Å². The molecule has 4 nitrogen and oxygen atoms in total. The van der Waals surface area contributed by atoms with Crippen LogP contribution in [0.1, 0.15) is 5.56 Å². The van der Waals surface area contributed by atoms with Gasteiger partial charge in [-0.3, -0.25) is 0 Å². The third-order valence-electron chi connectivity index (χ3n) is 2.38. The third kappa shape index (κ3) is 4.52. The summed E-state index contributed by atoms with van der Waals surface area (Å²) in [5, 5.41) is 3.83. The first-order valence-corrected chi connectivity index (χ1v) is 5.67. The average Bonchev–Trinajstić information content (AvgIpc) is 2.35. The van der Waals surface area contributed by atoms with Crippen molar-refractivity contribution in [1.82, 2.24) is 5.32 Å². The number of benzene rings is 1. The predicted octanol–water partition coefficient (Wildman–Crippen LogP) is 2.06. The second kappa shape index (κ2) is 7.50. The van der Waals surface area contributed by atoms with Gasteiger partial charge in [0.05, 0.1) is 12.1 Å². The highest BCUT2D eigenvalue weighted by Gasteiger charge is 2.05. The normalized spacial score (nSPS) is 10.9. The summed E-state index contributed by atoms with van der Waals surface area (Å²) >= 11 is 6.02. The van der Waals surface area contributed by atoms with Gasteiger partial charge in [-0.05, 0) is 17.7 Å². The Kier molecular flexibility index (Phi) is 6.29. The summed E-state index contributed by atoms with van der Waals surface area (Å²) in [5.41, 5.74) is 1.08. The van der Waals surface area contributed by atoms with E-state index in [9.17, 15) is 0 Å². The Morgan fingerprint density at radius 3 is 2.47 bits per heavy atom. The van der Waals surface area contributed by atoms with E-state index in [4.69, 9.17) is 25.8 Å². The molecule has 0 amide bonds. The first-order chi connectivity index (χ1) is 8.21. The van der Waals surface area contributed by atoms with Crippen LogP contribution in [0.25, 0.3) is 0 Å². The second-order valence-electron chi connectivity index (χ2n) is 3.50. The van der Waals surface area contributed by atoms with Crippen molar-refractivity contribution < 1.29 is 14.2 Å². The van der Waals surface area contributed by atoms with Crippen LogP contribution in [-0.4, -0.2) is 34.2 Å². The summed E-state index contributed by atoms with van der Waals surface area (Å²) in [6, 6.07) is 5.69. The van der Waals surface area contributed by atoms with Gasteiger partial charge in [-0.25, -0.2) is 0 Å². The van der Waals surface area contributed by atoms with E-state index >= 15 is 0 Å². The van der Waals surface area contributed by atoms with Crippen LogP contribution < -0.4 is 10.1 Å². The zero-order valence-electron chi connectivity index (χ0n) is 10.3. The smallest absolute Gasteiger partial charge is 0.169 e. The Hall–Kier alpha value is -0.810. The van der Waals surface area contributed by atoms with E-state index in [0.717, 1.165) is 5.56 Å². The van der Waals surface area contributed by atoms with Crippen LogP contribution in [0.15, 0.2) is 18.2 Å². The summed E-state index contributed by atoms with van der Waals surface area (Å²) in [6.45, 7) is 1.32. The van der Waals surface area contributed by atoms with Crippen molar-refractivity contribution in [3.63, 3.8) is 0 Å². The summed E-state index contributed by atoms with van der Waals surface area (Å²) in [7, 11) is 4.82. The minimum absolute atomic E-state index is 0.233. The molecular weight excluding hydrogens is 242 g/mol. The second-order valence-corrected chi connectivity index (χ2v) is 3.91. The maximum atomic E-state index is 6.02. The van der Waals surface area contributed by atoms with Crippen molar-refractivity contribution in [2.24, 2.45) is 0 Å². The zero-order chi connectivity index (χ0) is 12.7. The van der Waals surface area contributed by atoms with Crippen molar-refractivity contribution in [2.75, 3.05) is 27.9 Å². The summed E-state index contributed by atoms with van der Waals surface area (Å²) in [4.78, 5) is 0. The molecule has 0 saturated carbocycles. The van der Waals surface area contributed by atoms with E-state index in [0.29, 0.717) is 23.9 Å². The van der Waals surface area contributed by atoms with Gasteiger partial charge in [-0.15, -0.1) is 0 Å². The van der Waals surface area contributed by atoms with Crippen LogP contribution in [-0.2, 0) is 16.0 Å². The molecule has 0 aliphatic carbocycles. The molecule has 0 saturated heterocycles. The first-order valence-electron chi connectivity index (χ1n) is 5.30. The number of hydrogen-bond acceptors (Lipinski definition) is 4. The highest BCUT2D eigenvalue weighted by Crippen LogP contribution is 2.24. The lowest BCUT2D eigenvalue weighted by molar-refractivity contribution is -0.0989.